The second kappa shape index (κ2) is 8.02. The Bertz CT molecular complexity index is 1140. The summed E-state index contributed by atoms with van der Waals surface area (Å²) in [5, 5.41) is 4.07. The summed E-state index contributed by atoms with van der Waals surface area (Å²) in [7, 11) is 1.64. The van der Waals surface area contributed by atoms with E-state index in [4.69, 9.17) is 10.5 Å². The van der Waals surface area contributed by atoms with Gasteiger partial charge in [0.05, 0.1) is 7.11 Å². The lowest BCUT2D eigenvalue weighted by Crippen LogP contribution is -2.30. The SMILES string of the molecule is COc1ccc(C(CNC(=O)c2nccnc2N)c2c[nH]c3ccccc23)cc1. The lowest BCUT2D eigenvalue weighted by Gasteiger charge is -2.18. The van der Waals surface area contributed by atoms with Gasteiger partial charge in [-0.25, -0.2) is 9.97 Å². The summed E-state index contributed by atoms with van der Waals surface area (Å²) in [6.07, 6.45) is 4.90. The van der Waals surface area contributed by atoms with E-state index in [0.29, 0.717) is 6.54 Å². The molecule has 29 heavy (non-hydrogen) atoms. The fraction of sp³-hybridized carbons (Fsp3) is 0.136. The third-order valence-electron chi connectivity index (χ3n) is 4.92. The van der Waals surface area contributed by atoms with E-state index in [1.165, 1.54) is 12.4 Å². The van der Waals surface area contributed by atoms with Gasteiger partial charge in [-0.1, -0.05) is 30.3 Å². The highest BCUT2D eigenvalue weighted by atomic mass is 16.5. The number of nitrogens with zero attached hydrogens (tertiary/aromatic N) is 2. The number of benzene rings is 2. The van der Waals surface area contributed by atoms with Gasteiger partial charge >= 0.3 is 0 Å². The Kier molecular flexibility index (Phi) is 5.11. The molecule has 0 spiro atoms. The Hall–Kier alpha value is -3.87. The highest BCUT2D eigenvalue weighted by molar-refractivity contribution is 5.96. The second-order valence-corrected chi connectivity index (χ2v) is 6.62. The maximum Gasteiger partial charge on any atom is 0.273 e. The quantitative estimate of drug-likeness (QED) is 0.471. The molecule has 0 aliphatic carbocycles. The molecule has 1 atom stereocenters. The molecule has 0 aliphatic rings. The maximum absolute atomic E-state index is 12.6. The third kappa shape index (κ3) is 3.75. The number of ether oxygens (including phenoxy) is 1. The topological polar surface area (TPSA) is 106 Å². The van der Waals surface area contributed by atoms with Gasteiger partial charge < -0.3 is 20.8 Å². The molecule has 7 heteroatoms. The molecule has 0 bridgehead atoms. The van der Waals surface area contributed by atoms with Crippen molar-refractivity contribution < 1.29 is 9.53 Å². The number of carbonyl (C=O) groups excluding carboxylic acids is 1. The van der Waals surface area contributed by atoms with Crippen molar-refractivity contribution in [1.82, 2.24) is 20.3 Å². The minimum absolute atomic E-state index is 0.0705. The first-order valence-corrected chi connectivity index (χ1v) is 9.22. The average molecular weight is 387 g/mol. The van der Waals surface area contributed by atoms with E-state index in [9.17, 15) is 4.79 Å². The summed E-state index contributed by atoms with van der Waals surface area (Å²) in [5.41, 5.74) is 9.11. The van der Waals surface area contributed by atoms with Gasteiger partial charge in [0.1, 0.15) is 5.75 Å². The summed E-state index contributed by atoms with van der Waals surface area (Å²) in [4.78, 5) is 23.9. The van der Waals surface area contributed by atoms with Crippen LogP contribution >= 0.6 is 0 Å². The van der Waals surface area contributed by atoms with Crippen LogP contribution in [0.4, 0.5) is 5.82 Å². The molecule has 1 amide bonds. The number of hydrogen-bond acceptors (Lipinski definition) is 5. The van der Waals surface area contributed by atoms with Crippen LogP contribution in [0.1, 0.15) is 27.5 Å². The molecule has 4 aromatic rings. The molecule has 0 radical (unpaired) electrons. The van der Waals surface area contributed by atoms with Crippen LogP contribution in [0, 0.1) is 0 Å². The van der Waals surface area contributed by atoms with Crippen LogP contribution < -0.4 is 15.8 Å². The first-order valence-electron chi connectivity index (χ1n) is 9.22. The Morgan fingerprint density at radius 1 is 1.14 bits per heavy atom. The number of fused-ring (bicyclic) bond motifs is 1. The zero-order valence-corrected chi connectivity index (χ0v) is 15.9. The van der Waals surface area contributed by atoms with Crippen LogP contribution in [0.25, 0.3) is 10.9 Å². The number of nitrogens with two attached hydrogens (primary N) is 1. The van der Waals surface area contributed by atoms with Crippen molar-refractivity contribution in [2.45, 2.75) is 5.92 Å². The van der Waals surface area contributed by atoms with Gasteiger partial charge in [0, 0.05) is 42.0 Å². The number of para-hydroxylation sites is 1. The van der Waals surface area contributed by atoms with Gasteiger partial charge in [0.2, 0.25) is 0 Å². The maximum atomic E-state index is 12.6. The molecule has 1 unspecified atom stereocenters. The lowest BCUT2D eigenvalue weighted by molar-refractivity contribution is 0.0948. The first kappa shape index (κ1) is 18.5. The van der Waals surface area contributed by atoms with E-state index < -0.39 is 0 Å². The molecule has 0 aliphatic heterocycles. The molecule has 0 saturated carbocycles. The number of methoxy groups -OCH3 is 1. The van der Waals surface area contributed by atoms with Crippen LogP contribution in [0.2, 0.25) is 0 Å². The zero-order chi connectivity index (χ0) is 20.2. The van der Waals surface area contributed by atoms with Crippen molar-refractivity contribution >= 4 is 22.6 Å². The van der Waals surface area contributed by atoms with Crippen LogP contribution in [0.5, 0.6) is 5.75 Å². The molecular formula is C22H21N5O2. The number of H-pyrrole nitrogens is 1. The number of anilines is 1. The van der Waals surface area contributed by atoms with Crippen LogP contribution in [0.3, 0.4) is 0 Å². The summed E-state index contributed by atoms with van der Waals surface area (Å²) in [6.45, 7) is 0.378. The van der Waals surface area contributed by atoms with Crippen molar-refractivity contribution in [2.75, 3.05) is 19.4 Å². The summed E-state index contributed by atoms with van der Waals surface area (Å²) >= 11 is 0. The standard InChI is InChI=1S/C22H21N5O2/c1-29-15-8-6-14(7-9-15)17(18-13-26-19-5-3-2-4-16(18)19)12-27-22(28)20-21(23)25-11-10-24-20/h2-11,13,17,26H,12H2,1H3,(H2,23,25)(H,27,28). The Labute approximate surface area is 168 Å². The van der Waals surface area contributed by atoms with Gasteiger partial charge in [0.25, 0.3) is 5.91 Å². The highest BCUT2D eigenvalue weighted by Crippen LogP contribution is 2.31. The molecule has 146 valence electrons. The Morgan fingerprint density at radius 3 is 2.66 bits per heavy atom. The Morgan fingerprint density at radius 2 is 1.90 bits per heavy atom. The van der Waals surface area contributed by atoms with Crippen molar-refractivity contribution in [3.8, 4) is 5.75 Å². The normalized spacial score (nSPS) is 11.9. The molecule has 7 nitrogen and oxygen atoms in total. The molecule has 4 rings (SSSR count). The molecule has 2 aromatic carbocycles. The molecule has 2 aromatic heterocycles. The number of rotatable bonds is 6. The predicted octanol–water partition coefficient (Wildman–Crippen LogP) is 3.11. The first-order chi connectivity index (χ1) is 14.2. The zero-order valence-electron chi connectivity index (χ0n) is 15.9. The lowest BCUT2D eigenvalue weighted by atomic mass is 9.90. The summed E-state index contributed by atoms with van der Waals surface area (Å²) in [5.74, 6) is 0.466. The van der Waals surface area contributed by atoms with Gasteiger partial charge in [-0.3, -0.25) is 4.79 Å². The van der Waals surface area contributed by atoms with Crippen molar-refractivity contribution in [2.24, 2.45) is 0 Å². The molecule has 0 fully saturated rings. The Balaban J connectivity index is 1.66. The fourth-order valence-electron chi connectivity index (χ4n) is 3.43. The van der Waals surface area contributed by atoms with E-state index in [2.05, 4.69) is 26.3 Å². The largest absolute Gasteiger partial charge is 0.497 e. The highest BCUT2D eigenvalue weighted by Gasteiger charge is 2.20. The average Bonchev–Trinajstić information content (AvgIpc) is 3.18. The van der Waals surface area contributed by atoms with E-state index in [-0.39, 0.29) is 23.3 Å². The monoisotopic (exact) mass is 387 g/mol. The van der Waals surface area contributed by atoms with Gasteiger partial charge in [-0.05, 0) is 29.3 Å². The van der Waals surface area contributed by atoms with E-state index in [1.54, 1.807) is 7.11 Å². The van der Waals surface area contributed by atoms with Gasteiger partial charge in [0.15, 0.2) is 11.5 Å². The molecule has 0 saturated heterocycles. The second-order valence-electron chi connectivity index (χ2n) is 6.62. The molecular weight excluding hydrogens is 366 g/mol. The van der Waals surface area contributed by atoms with Crippen LogP contribution in [-0.4, -0.2) is 34.5 Å². The van der Waals surface area contributed by atoms with Crippen LogP contribution in [0.15, 0.2) is 67.1 Å². The number of nitrogen functional groups attached to an aromatic ring is 1. The van der Waals surface area contributed by atoms with Crippen molar-refractivity contribution in [3.63, 3.8) is 0 Å². The van der Waals surface area contributed by atoms with E-state index in [0.717, 1.165) is 27.8 Å². The molecule has 2 heterocycles. The van der Waals surface area contributed by atoms with E-state index in [1.807, 2.05) is 48.7 Å². The van der Waals surface area contributed by atoms with E-state index >= 15 is 0 Å². The summed E-state index contributed by atoms with van der Waals surface area (Å²) < 4.78 is 5.27. The number of hydrogen-bond donors (Lipinski definition) is 3. The summed E-state index contributed by atoms with van der Waals surface area (Å²) in [6, 6.07) is 15.9. The number of nitrogens with one attached hydrogen (secondary N) is 2. The van der Waals surface area contributed by atoms with Crippen molar-refractivity contribution in [1.29, 1.82) is 0 Å². The minimum atomic E-state index is -0.353. The van der Waals surface area contributed by atoms with Gasteiger partial charge in [-0.2, -0.15) is 0 Å². The van der Waals surface area contributed by atoms with Crippen LogP contribution in [-0.2, 0) is 0 Å². The fourth-order valence-corrected chi connectivity index (χ4v) is 3.43. The smallest absolute Gasteiger partial charge is 0.273 e. The number of aromatic nitrogens is 3. The third-order valence-corrected chi connectivity index (χ3v) is 4.92. The minimum Gasteiger partial charge on any atom is -0.497 e. The van der Waals surface area contributed by atoms with Crippen molar-refractivity contribution in [3.05, 3.63) is 83.9 Å². The molecule has 4 N–H and O–H groups in total. The number of aromatic amines is 1. The number of carbonyl (C=O) groups is 1. The number of amides is 1. The van der Waals surface area contributed by atoms with Gasteiger partial charge in [-0.15, -0.1) is 0 Å². The predicted molar refractivity (Wildman–Crippen MR) is 112 cm³/mol.